The third kappa shape index (κ3) is 4.19. The monoisotopic (exact) mass is 269 g/mol. The minimum atomic E-state index is -0.393. The van der Waals surface area contributed by atoms with Gasteiger partial charge >= 0.3 is 0 Å². The highest BCUT2D eigenvalue weighted by atomic mass is 16.3. The first kappa shape index (κ1) is 14.8. The Morgan fingerprint density at radius 3 is 1.95 bits per heavy atom. The van der Waals surface area contributed by atoms with E-state index in [1.165, 1.54) is 11.1 Å². The molecule has 2 nitrogen and oxygen atoms in total. The van der Waals surface area contributed by atoms with Gasteiger partial charge in [-0.25, -0.2) is 0 Å². The van der Waals surface area contributed by atoms with Crippen molar-refractivity contribution in [3.8, 4) is 0 Å². The summed E-state index contributed by atoms with van der Waals surface area (Å²) in [7, 11) is 0. The van der Waals surface area contributed by atoms with Crippen LogP contribution in [0.25, 0.3) is 0 Å². The summed E-state index contributed by atoms with van der Waals surface area (Å²) in [5.74, 6) is 0. The van der Waals surface area contributed by atoms with Crippen molar-refractivity contribution in [2.45, 2.75) is 33.0 Å². The Morgan fingerprint density at radius 2 is 1.45 bits per heavy atom. The summed E-state index contributed by atoms with van der Waals surface area (Å²) in [6, 6.07) is 18.8. The first-order valence-electron chi connectivity index (χ1n) is 7.22. The summed E-state index contributed by atoms with van der Waals surface area (Å²) >= 11 is 0. The molecule has 0 aromatic heterocycles. The van der Waals surface area contributed by atoms with Crippen LogP contribution in [-0.4, -0.2) is 16.6 Å². The second-order valence-corrected chi connectivity index (χ2v) is 5.21. The highest BCUT2D eigenvalue weighted by Crippen LogP contribution is 2.15. The summed E-state index contributed by atoms with van der Waals surface area (Å²) in [5, 5.41) is 9.53. The van der Waals surface area contributed by atoms with Crippen LogP contribution in [0.5, 0.6) is 0 Å². The van der Waals surface area contributed by atoms with Crippen molar-refractivity contribution in [1.29, 1.82) is 0 Å². The largest absolute Gasteiger partial charge is 0.389 e. The first-order valence-corrected chi connectivity index (χ1v) is 7.22. The molecule has 2 aromatic rings. The minimum Gasteiger partial charge on any atom is -0.389 e. The smallest absolute Gasteiger partial charge is 0.0761 e. The van der Waals surface area contributed by atoms with Crippen molar-refractivity contribution < 1.29 is 5.11 Å². The molecule has 106 valence electrons. The molecule has 0 fully saturated rings. The second-order valence-electron chi connectivity index (χ2n) is 5.21. The lowest BCUT2D eigenvalue weighted by atomic mass is 10.1. The van der Waals surface area contributed by atoms with Crippen molar-refractivity contribution >= 4 is 0 Å². The lowest BCUT2D eigenvalue weighted by Crippen LogP contribution is -2.22. The predicted octanol–water partition coefficient (Wildman–Crippen LogP) is 3.76. The van der Waals surface area contributed by atoms with E-state index >= 15 is 0 Å². The van der Waals surface area contributed by atoms with Crippen LogP contribution in [-0.2, 0) is 13.1 Å². The van der Waals surface area contributed by atoms with Gasteiger partial charge in [0.25, 0.3) is 0 Å². The van der Waals surface area contributed by atoms with Gasteiger partial charge in [0.1, 0.15) is 0 Å². The Kier molecular flexibility index (Phi) is 5.33. The Bertz CT molecular complexity index is 505. The molecule has 0 heterocycles. The summed E-state index contributed by atoms with van der Waals surface area (Å²) in [6.45, 7) is 6.91. The average Bonchev–Trinajstić information content (AvgIpc) is 2.48. The normalized spacial score (nSPS) is 12.6. The van der Waals surface area contributed by atoms with E-state index < -0.39 is 6.10 Å². The molecule has 2 aromatic carbocycles. The molecule has 1 atom stereocenters. The number of benzene rings is 2. The van der Waals surface area contributed by atoms with Gasteiger partial charge in [0.05, 0.1) is 6.10 Å². The minimum absolute atomic E-state index is 0.393. The number of hydrogen-bond donors (Lipinski definition) is 1. The SMILES string of the molecule is CCN(Cc1ccccc1)Cc1ccc(C(C)O)cc1. The van der Waals surface area contributed by atoms with E-state index in [1.807, 2.05) is 12.1 Å². The van der Waals surface area contributed by atoms with Crippen molar-refractivity contribution in [2.75, 3.05) is 6.54 Å². The van der Waals surface area contributed by atoms with Gasteiger partial charge in [0, 0.05) is 13.1 Å². The molecule has 0 aliphatic heterocycles. The summed E-state index contributed by atoms with van der Waals surface area (Å²) < 4.78 is 0. The third-order valence-corrected chi connectivity index (χ3v) is 3.56. The van der Waals surface area contributed by atoms with Crippen LogP contribution in [0.3, 0.4) is 0 Å². The van der Waals surface area contributed by atoms with E-state index in [0.717, 1.165) is 25.2 Å². The molecular formula is C18H23NO. The van der Waals surface area contributed by atoms with E-state index in [0.29, 0.717) is 0 Å². The molecule has 0 spiro atoms. The van der Waals surface area contributed by atoms with Crippen molar-refractivity contribution in [3.63, 3.8) is 0 Å². The maximum atomic E-state index is 9.53. The zero-order chi connectivity index (χ0) is 14.4. The molecule has 2 heteroatoms. The van der Waals surface area contributed by atoms with E-state index in [4.69, 9.17) is 0 Å². The van der Waals surface area contributed by atoms with Gasteiger partial charge in [-0.2, -0.15) is 0 Å². The number of aliphatic hydroxyl groups excluding tert-OH is 1. The van der Waals surface area contributed by atoms with Gasteiger partial charge in [-0.1, -0.05) is 61.5 Å². The van der Waals surface area contributed by atoms with Gasteiger partial charge in [-0.15, -0.1) is 0 Å². The second kappa shape index (κ2) is 7.22. The Labute approximate surface area is 121 Å². The molecule has 1 N–H and O–H groups in total. The molecule has 0 bridgehead atoms. The quantitative estimate of drug-likeness (QED) is 0.863. The summed E-state index contributed by atoms with van der Waals surface area (Å²) in [6.07, 6.45) is -0.393. The molecule has 0 saturated heterocycles. The average molecular weight is 269 g/mol. The number of rotatable bonds is 6. The molecule has 20 heavy (non-hydrogen) atoms. The van der Waals surface area contributed by atoms with Gasteiger partial charge < -0.3 is 5.11 Å². The Morgan fingerprint density at radius 1 is 0.900 bits per heavy atom. The molecule has 1 unspecified atom stereocenters. The maximum absolute atomic E-state index is 9.53. The standard InChI is InChI=1S/C18H23NO/c1-3-19(13-16-7-5-4-6-8-16)14-17-9-11-18(12-10-17)15(2)20/h4-12,15,20H,3,13-14H2,1-2H3. The number of nitrogens with zero attached hydrogens (tertiary/aromatic N) is 1. The summed E-state index contributed by atoms with van der Waals surface area (Å²) in [4.78, 5) is 2.41. The molecule has 0 aliphatic carbocycles. The van der Waals surface area contributed by atoms with Crippen LogP contribution in [0.15, 0.2) is 54.6 Å². The lowest BCUT2D eigenvalue weighted by molar-refractivity contribution is 0.199. The van der Waals surface area contributed by atoms with Gasteiger partial charge in [0.15, 0.2) is 0 Å². The Balaban J connectivity index is 1.99. The highest BCUT2D eigenvalue weighted by Gasteiger charge is 2.06. The molecule has 0 aliphatic rings. The highest BCUT2D eigenvalue weighted by molar-refractivity contribution is 5.24. The number of aliphatic hydroxyl groups is 1. The molecule has 0 saturated carbocycles. The van der Waals surface area contributed by atoms with Crippen molar-refractivity contribution in [1.82, 2.24) is 4.90 Å². The van der Waals surface area contributed by atoms with Gasteiger partial charge in [0.2, 0.25) is 0 Å². The van der Waals surface area contributed by atoms with Crippen LogP contribution in [0.4, 0.5) is 0 Å². The van der Waals surface area contributed by atoms with Crippen LogP contribution < -0.4 is 0 Å². The first-order chi connectivity index (χ1) is 9.69. The molecule has 2 rings (SSSR count). The zero-order valence-electron chi connectivity index (χ0n) is 12.3. The topological polar surface area (TPSA) is 23.5 Å². The fraction of sp³-hybridized carbons (Fsp3) is 0.333. The van der Waals surface area contributed by atoms with Crippen molar-refractivity contribution in [3.05, 3.63) is 71.3 Å². The third-order valence-electron chi connectivity index (χ3n) is 3.56. The van der Waals surface area contributed by atoms with Crippen LogP contribution in [0, 0.1) is 0 Å². The number of hydrogen-bond acceptors (Lipinski definition) is 2. The predicted molar refractivity (Wildman–Crippen MR) is 83.3 cm³/mol. The van der Waals surface area contributed by atoms with Crippen LogP contribution in [0.1, 0.15) is 36.6 Å². The van der Waals surface area contributed by atoms with E-state index in [-0.39, 0.29) is 0 Å². The van der Waals surface area contributed by atoms with E-state index in [1.54, 1.807) is 6.92 Å². The van der Waals surface area contributed by atoms with E-state index in [2.05, 4.69) is 54.3 Å². The molecule has 0 amide bonds. The summed E-state index contributed by atoms with van der Waals surface area (Å²) in [5.41, 5.74) is 3.60. The zero-order valence-corrected chi connectivity index (χ0v) is 12.3. The fourth-order valence-electron chi connectivity index (χ4n) is 2.28. The lowest BCUT2D eigenvalue weighted by Gasteiger charge is -2.21. The van der Waals surface area contributed by atoms with Crippen LogP contribution in [0.2, 0.25) is 0 Å². The van der Waals surface area contributed by atoms with E-state index in [9.17, 15) is 5.11 Å². The maximum Gasteiger partial charge on any atom is 0.0761 e. The molecular weight excluding hydrogens is 246 g/mol. The Hall–Kier alpha value is -1.64. The van der Waals surface area contributed by atoms with Gasteiger partial charge in [-0.3, -0.25) is 4.90 Å². The molecule has 0 radical (unpaired) electrons. The fourth-order valence-corrected chi connectivity index (χ4v) is 2.28. The van der Waals surface area contributed by atoms with Crippen molar-refractivity contribution in [2.24, 2.45) is 0 Å². The van der Waals surface area contributed by atoms with Crippen LogP contribution >= 0.6 is 0 Å². The van der Waals surface area contributed by atoms with Gasteiger partial charge in [-0.05, 0) is 30.2 Å².